The lowest BCUT2D eigenvalue weighted by atomic mass is 9.94. The van der Waals surface area contributed by atoms with Crippen molar-refractivity contribution >= 4 is 27.5 Å². The largest absolute Gasteiger partial charge is 0.465 e. The van der Waals surface area contributed by atoms with Crippen LogP contribution in [0.2, 0.25) is 0 Å². The van der Waals surface area contributed by atoms with Crippen molar-refractivity contribution in [2.75, 3.05) is 6.61 Å². The molecule has 3 aromatic rings. The number of esters is 1. The molecule has 1 aliphatic heterocycles. The molecule has 1 aliphatic rings. The average Bonchev–Trinajstić information content (AvgIpc) is 3.09. The predicted octanol–water partition coefficient (Wildman–Crippen LogP) is 2.88. The Morgan fingerprint density at radius 1 is 1.19 bits per heavy atom. The van der Waals surface area contributed by atoms with Crippen molar-refractivity contribution in [3.8, 4) is 0 Å². The van der Waals surface area contributed by atoms with E-state index in [2.05, 4.69) is 0 Å². The first-order valence-corrected chi connectivity index (χ1v) is 11.2. The zero-order valence-corrected chi connectivity index (χ0v) is 18.8. The second-order valence-corrected chi connectivity index (χ2v) is 9.36. The van der Waals surface area contributed by atoms with E-state index < -0.39 is 29.4 Å². The highest BCUT2D eigenvalue weighted by Crippen LogP contribution is 2.37. The lowest BCUT2D eigenvalue weighted by Crippen LogP contribution is -2.42. The fourth-order valence-corrected chi connectivity index (χ4v) is 5.20. The molecule has 4 rings (SSSR count). The summed E-state index contributed by atoms with van der Waals surface area (Å²) in [4.78, 5) is 40.4. The summed E-state index contributed by atoms with van der Waals surface area (Å²) in [7, 11) is 0. The maximum absolute atomic E-state index is 13.4. The van der Waals surface area contributed by atoms with Crippen molar-refractivity contribution in [2.24, 2.45) is 0 Å². The Labute approximate surface area is 183 Å². The molecule has 0 spiro atoms. The van der Waals surface area contributed by atoms with Gasteiger partial charge in [-0.05, 0) is 38.3 Å². The third-order valence-electron chi connectivity index (χ3n) is 5.49. The van der Waals surface area contributed by atoms with Crippen LogP contribution in [0.4, 0.5) is 0 Å². The Morgan fingerprint density at radius 3 is 2.65 bits per heavy atom. The second kappa shape index (κ2) is 8.43. The van der Waals surface area contributed by atoms with Gasteiger partial charge in [0.25, 0.3) is 5.56 Å². The van der Waals surface area contributed by atoms with Gasteiger partial charge in [0.15, 0.2) is 0 Å². The zero-order valence-electron chi connectivity index (χ0n) is 18.0. The van der Waals surface area contributed by atoms with Crippen LogP contribution in [0.15, 0.2) is 39.9 Å². The number of aryl methyl sites for hydroxylation is 2. The van der Waals surface area contributed by atoms with Crippen LogP contribution < -0.4 is 11.2 Å². The predicted molar refractivity (Wildman–Crippen MR) is 120 cm³/mol. The van der Waals surface area contributed by atoms with E-state index in [9.17, 15) is 14.4 Å². The Balaban J connectivity index is 1.88. The summed E-state index contributed by atoms with van der Waals surface area (Å²) in [5.74, 6) is -0.594. The summed E-state index contributed by atoms with van der Waals surface area (Å²) in [5, 5.41) is 0.522. The fraction of sp³-hybridized carbons (Fsp3) is 0.435. The van der Waals surface area contributed by atoms with Crippen LogP contribution in [0.25, 0.3) is 10.2 Å². The van der Waals surface area contributed by atoms with E-state index >= 15 is 0 Å². The number of thiophene rings is 1. The molecule has 8 heteroatoms. The van der Waals surface area contributed by atoms with E-state index in [0.717, 1.165) is 20.6 Å². The molecular weight excluding hydrogens is 416 g/mol. The van der Waals surface area contributed by atoms with Crippen molar-refractivity contribution in [1.82, 2.24) is 9.13 Å². The minimum absolute atomic E-state index is 0.192. The van der Waals surface area contributed by atoms with Gasteiger partial charge in [0, 0.05) is 17.8 Å². The molecule has 0 bridgehead atoms. The normalized spacial score (nSPS) is 15.1. The molecule has 0 atom stereocenters. The topological polar surface area (TPSA) is 79.5 Å². The third kappa shape index (κ3) is 4.22. The van der Waals surface area contributed by atoms with E-state index in [4.69, 9.17) is 9.47 Å². The maximum atomic E-state index is 13.4. The highest BCUT2D eigenvalue weighted by molar-refractivity contribution is 7.18. The quantitative estimate of drug-likeness (QED) is 0.549. The van der Waals surface area contributed by atoms with Gasteiger partial charge in [-0.25, -0.2) is 9.36 Å². The van der Waals surface area contributed by atoms with Gasteiger partial charge in [-0.1, -0.05) is 30.3 Å². The molecule has 0 radical (unpaired) electrons. The first-order valence-electron chi connectivity index (χ1n) is 10.4. The molecule has 31 heavy (non-hydrogen) atoms. The number of benzene rings is 1. The standard InChI is InChI=1S/C23H26N2O5S/c1-4-29-18(26)13-25-20(27)19-16-12-23(2,3)30-14-17(16)31-21(19)24(22(25)28)11-10-15-8-6-5-7-9-15/h5-9H,4,10-14H2,1-3H3. The highest BCUT2D eigenvalue weighted by atomic mass is 32.1. The third-order valence-corrected chi connectivity index (χ3v) is 6.72. The number of carbonyl (C=O) groups is 1. The van der Waals surface area contributed by atoms with Gasteiger partial charge >= 0.3 is 11.7 Å². The van der Waals surface area contributed by atoms with E-state index in [-0.39, 0.29) is 6.61 Å². The SMILES string of the molecule is CCOC(=O)Cn1c(=O)c2c3c(sc2n(CCc2ccccc2)c1=O)COC(C)(C)C3. The van der Waals surface area contributed by atoms with Crippen molar-refractivity contribution in [1.29, 1.82) is 0 Å². The van der Waals surface area contributed by atoms with Gasteiger partial charge in [-0.2, -0.15) is 0 Å². The molecule has 2 aromatic heterocycles. The number of ether oxygens (including phenoxy) is 2. The summed E-state index contributed by atoms with van der Waals surface area (Å²) >= 11 is 1.44. The lowest BCUT2D eigenvalue weighted by Gasteiger charge is -2.29. The Kier molecular flexibility index (Phi) is 5.85. The number of aromatic nitrogens is 2. The Bertz CT molecular complexity index is 1240. The van der Waals surface area contributed by atoms with Gasteiger partial charge in [0.1, 0.15) is 11.4 Å². The number of rotatable bonds is 6. The molecule has 1 aromatic carbocycles. The summed E-state index contributed by atoms with van der Waals surface area (Å²) in [6.45, 7) is 6.29. The minimum atomic E-state index is -0.594. The summed E-state index contributed by atoms with van der Waals surface area (Å²) in [6, 6.07) is 9.87. The lowest BCUT2D eigenvalue weighted by molar-refractivity contribution is -0.143. The zero-order chi connectivity index (χ0) is 22.2. The Morgan fingerprint density at radius 2 is 1.94 bits per heavy atom. The molecule has 3 heterocycles. The molecule has 0 aliphatic carbocycles. The fourth-order valence-electron chi connectivity index (χ4n) is 3.96. The number of nitrogens with zero attached hydrogens (tertiary/aromatic N) is 2. The summed E-state index contributed by atoms with van der Waals surface area (Å²) in [6.07, 6.45) is 1.21. The van der Waals surface area contributed by atoms with Crippen LogP contribution in [0.1, 0.15) is 36.8 Å². The molecule has 7 nitrogen and oxygen atoms in total. The smallest absolute Gasteiger partial charge is 0.332 e. The van der Waals surface area contributed by atoms with Crippen LogP contribution in [0.3, 0.4) is 0 Å². The summed E-state index contributed by atoms with van der Waals surface area (Å²) in [5.41, 5.74) is 0.702. The molecule has 0 amide bonds. The molecule has 0 saturated heterocycles. The first-order chi connectivity index (χ1) is 14.8. The maximum Gasteiger partial charge on any atom is 0.332 e. The van der Waals surface area contributed by atoms with E-state index in [1.807, 2.05) is 44.2 Å². The van der Waals surface area contributed by atoms with Crippen molar-refractivity contribution in [3.05, 3.63) is 67.2 Å². The van der Waals surface area contributed by atoms with Crippen LogP contribution in [0.5, 0.6) is 0 Å². The first kappa shape index (κ1) is 21.5. The van der Waals surface area contributed by atoms with Crippen molar-refractivity contribution < 1.29 is 14.3 Å². The molecule has 0 fully saturated rings. The number of hydrogen-bond donors (Lipinski definition) is 0. The van der Waals surface area contributed by atoms with Crippen LogP contribution in [0, 0.1) is 0 Å². The monoisotopic (exact) mass is 442 g/mol. The van der Waals surface area contributed by atoms with Gasteiger partial charge in [-0.3, -0.25) is 14.2 Å². The van der Waals surface area contributed by atoms with E-state index in [1.165, 1.54) is 11.3 Å². The van der Waals surface area contributed by atoms with Crippen LogP contribution in [-0.4, -0.2) is 27.3 Å². The number of fused-ring (bicyclic) bond motifs is 3. The van der Waals surface area contributed by atoms with Gasteiger partial charge in [-0.15, -0.1) is 11.3 Å². The van der Waals surface area contributed by atoms with Crippen LogP contribution >= 0.6 is 11.3 Å². The highest BCUT2D eigenvalue weighted by Gasteiger charge is 2.32. The average molecular weight is 443 g/mol. The van der Waals surface area contributed by atoms with Gasteiger partial charge in [0.05, 0.1) is 24.2 Å². The molecule has 0 saturated carbocycles. The number of carbonyl (C=O) groups excluding carboxylic acids is 1. The molecule has 0 unspecified atom stereocenters. The van der Waals surface area contributed by atoms with Gasteiger partial charge in [0.2, 0.25) is 0 Å². The van der Waals surface area contributed by atoms with Crippen molar-refractivity contribution in [2.45, 2.75) is 58.9 Å². The van der Waals surface area contributed by atoms with Crippen molar-refractivity contribution in [3.63, 3.8) is 0 Å². The van der Waals surface area contributed by atoms with Crippen LogP contribution in [-0.2, 0) is 46.8 Å². The Hall–Kier alpha value is -2.71. The minimum Gasteiger partial charge on any atom is -0.465 e. The van der Waals surface area contributed by atoms with E-state index in [0.29, 0.717) is 36.2 Å². The number of hydrogen-bond acceptors (Lipinski definition) is 6. The van der Waals surface area contributed by atoms with E-state index in [1.54, 1.807) is 11.5 Å². The molecule has 164 valence electrons. The molecule has 0 N–H and O–H groups in total. The second-order valence-electron chi connectivity index (χ2n) is 8.28. The molecular formula is C23H26N2O5S. The van der Waals surface area contributed by atoms with Gasteiger partial charge < -0.3 is 9.47 Å². The summed E-state index contributed by atoms with van der Waals surface area (Å²) < 4.78 is 13.6.